The molecule has 0 aliphatic heterocycles. The van der Waals surface area contributed by atoms with Crippen LogP contribution in [0.3, 0.4) is 0 Å². The van der Waals surface area contributed by atoms with Crippen molar-refractivity contribution in [1.82, 2.24) is 29.7 Å². The molecular formula is C24H23ClF4N8O2. The molecule has 0 unspecified atom stereocenters. The van der Waals surface area contributed by atoms with E-state index in [-0.39, 0.29) is 33.2 Å². The van der Waals surface area contributed by atoms with Gasteiger partial charge in [-0.15, -0.1) is 0 Å². The summed E-state index contributed by atoms with van der Waals surface area (Å²) in [5.41, 5.74) is 7.44. The molecule has 0 saturated heterocycles. The predicted molar refractivity (Wildman–Crippen MR) is 137 cm³/mol. The zero-order valence-corrected chi connectivity index (χ0v) is 21.1. The standard InChI is InChI=1S/C19H19ClFN5O.C5H4F3N3O/c20-14-9-23-18(25-17(14)22)12-8-16-13(7-15(12)21)19(27)26(10-24-16)6-2-1-3-11-4-5-11;6-5(7,8)3-2(9)1-10-11-4(3)12/h7-11H,1-6H2,(H2,22,23,25);1H,(H3,9,11,12). The lowest BCUT2D eigenvalue weighted by Gasteiger charge is -2.09. The van der Waals surface area contributed by atoms with Crippen LogP contribution in [0, 0.1) is 11.7 Å². The number of nitrogens with zero attached hydrogens (tertiary/aromatic N) is 5. The van der Waals surface area contributed by atoms with Gasteiger partial charge in [-0.1, -0.05) is 37.3 Å². The highest BCUT2D eigenvalue weighted by atomic mass is 35.5. The molecule has 1 saturated carbocycles. The third kappa shape index (κ3) is 6.69. The minimum atomic E-state index is -4.74. The maximum absolute atomic E-state index is 14.6. The summed E-state index contributed by atoms with van der Waals surface area (Å²) in [4.78, 5) is 35.6. The summed E-state index contributed by atoms with van der Waals surface area (Å²) < 4.78 is 52.1. The molecule has 5 rings (SSSR count). The number of aromatic nitrogens is 6. The Labute approximate surface area is 223 Å². The Balaban J connectivity index is 0.000000247. The molecule has 1 aliphatic carbocycles. The van der Waals surface area contributed by atoms with Gasteiger partial charge in [-0.05, 0) is 24.5 Å². The average molecular weight is 567 g/mol. The van der Waals surface area contributed by atoms with E-state index in [2.05, 4.69) is 20.1 Å². The van der Waals surface area contributed by atoms with E-state index >= 15 is 0 Å². The summed E-state index contributed by atoms with van der Waals surface area (Å²) in [6, 6.07) is 2.65. The number of aromatic amines is 1. The number of anilines is 2. The second kappa shape index (κ2) is 11.4. The zero-order valence-electron chi connectivity index (χ0n) is 20.3. The molecule has 0 bridgehead atoms. The number of unbranched alkanes of at least 4 members (excludes halogenated alkanes) is 1. The predicted octanol–water partition coefficient (Wildman–Crippen LogP) is 4.18. The summed E-state index contributed by atoms with van der Waals surface area (Å²) in [5, 5.41) is 5.17. The molecule has 5 N–H and O–H groups in total. The number of rotatable bonds is 6. The number of fused-ring (bicyclic) bond motifs is 1. The van der Waals surface area contributed by atoms with Crippen LogP contribution in [0.5, 0.6) is 0 Å². The lowest BCUT2D eigenvalue weighted by atomic mass is 10.1. The number of hydrogen-bond donors (Lipinski definition) is 3. The van der Waals surface area contributed by atoms with Crippen molar-refractivity contribution in [3.05, 3.63) is 68.0 Å². The molecule has 1 aromatic carbocycles. The number of nitrogen functional groups attached to an aromatic ring is 2. The van der Waals surface area contributed by atoms with Crippen molar-refractivity contribution in [2.24, 2.45) is 5.92 Å². The number of H-pyrrole nitrogens is 1. The Hall–Kier alpha value is -4.07. The summed E-state index contributed by atoms with van der Waals surface area (Å²) in [7, 11) is 0. The number of alkyl halides is 3. The number of halogens is 5. The van der Waals surface area contributed by atoms with Gasteiger partial charge < -0.3 is 11.5 Å². The molecule has 10 nitrogen and oxygen atoms in total. The maximum atomic E-state index is 14.6. The lowest BCUT2D eigenvalue weighted by molar-refractivity contribution is -0.138. The Kier molecular flexibility index (Phi) is 8.14. The van der Waals surface area contributed by atoms with E-state index in [9.17, 15) is 27.2 Å². The molecule has 0 spiro atoms. The van der Waals surface area contributed by atoms with E-state index in [0.717, 1.165) is 25.0 Å². The monoisotopic (exact) mass is 566 g/mol. The summed E-state index contributed by atoms with van der Waals surface area (Å²) >= 11 is 5.81. The first-order valence-electron chi connectivity index (χ1n) is 11.8. The average Bonchev–Trinajstić information content (AvgIpc) is 3.69. The van der Waals surface area contributed by atoms with Gasteiger partial charge in [0.05, 0.1) is 40.9 Å². The number of aryl methyl sites for hydroxylation is 1. The van der Waals surface area contributed by atoms with Gasteiger partial charge in [-0.3, -0.25) is 14.2 Å². The van der Waals surface area contributed by atoms with Gasteiger partial charge >= 0.3 is 6.18 Å². The SMILES string of the molecule is Nc1cn[nH]c(=O)c1C(F)(F)F.Nc1nc(-c2cc3ncn(CCCCC4CC4)c(=O)c3cc2F)ncc1Cl. The van der Waals surface area contributed by atoms with Crippen molar-refractivity contribution in [2.45, 2.75) is 44.8 Å². The van der Waals surface area contributed by atoms with E-state index in [0.29, 0.717) is 12.1 Å². The molecule has 1 aliphatic rings. The molecule has 39 heavy (non-hydrogen) atoms. The number of nitrogens with two attached hydrogens (primary N) is 2. The van der Waals surface area contributed by atoms with Gasteiger partial charge in [-0.2, -0.15) is 18.3 Å². The Bertz CT molecular complexity index is 1620. The molecule has 0 radical (unpaired) electrons. The number of nitrogens with one attached hydrogen (secondary N) is 1. The van der Waals surface area contributed by atoms with Crippen LogP contribution in [0.4, 0.5) is 29.1 Å². The number of hydrogen-bond acceptors (Lipinski definition) is 8. The van der Waals surface area contributed by atoms with Gasteiger partial charge in [0.25, 0.3) is 11.1 Å². The zero-order chi connectivity index (χ0) is 28.3. The minimum absolute atomic E-state index is 0.0655. The first kappa shape index (κ1) is 28.0. The molecule has 3 aromatic heterocycles. The van der Waals surface area contributed by atoms with Crippen LogP contribution in [0.1, 0.15) is 37.7 Å². The lowest BCUT2D eigenvalue weighted by Crippen LogP contribution is -2.24. The quantitative estimate of drug-likeness (QED) is 0.231. The fourth-order valence-electron chi connectivity index (χ4n) is 3.85. The van der Waals surface area contributed by atoms with Gasteiger partial charge in [0.2, 0.25) is 0 Å². The van der Waals surface area contributed by atoms with Crippen molar-refractivity contribution in [3.63, 3.8) is 0 Å². The van der Waals surface area contributed by atoms with Gasteiger partial charge in [0.1, 0.15) is 22.2 Å². The molecule has 206 valence electrons. The van der Waals surface area contributed by atoms with Crippen molar-refractivity contribution in [2.75, 3.05) is 11.5 Å². The van der Waals surface area contributed by atoms with Crippen LogP contribution in [0.2, 0.25) is 5.02 Å². The van der Waals surface area contributed by atoms with Crippen molar-refractivity contribution in [3.8, 4) is 11.4 Å². The molecule has 3 heterocycles. The van der Waals surface area contributed by atoms with Crippen molar-refractivity contribution >= 4 is 34.0 Å². The van der Waals surface area contributed by atoms with Crippen LogP contribution in [-0.4, -0.2) is 29.7 Å². The van der Waals surface area contributed by atoms with E-state index < -0.39 is 28.8 Å². The summed E-state index contributed by atoms with van der Waals surface area (Å²) in [6.07, 6.45) is 4.74. The van der Waals surface area contributed by atoms with Gasteiger partial charge in [-0.25, -0.2) is 24.4 Å². The van der Waals surface area contributed by atoms with E-state index in [1.54, 1.807) is 9.67 Å². The summed E-state index contributed by atoms with van der Waals surface area (Å²) in [5.74, 6) is 0.445. The molecule has 1 fully saturated rings. The normalized spacial score (nSPS) is 13.3. The third-order valence-electron chi connectivity index (χ3n) is 6.05. The van der Waals surface area contributed by atoms with Crippen LogP contribution < -0.4 is 22.6 Å². The highest BCUT2D eigenvalue weighted by Crippen LogP contribution is 2.34. The molecular weight excluding hydrogens is 544 g/mol. The number of benzene rings is 1. The van der Waals surface area contributed by atoms with E-state index in [4.69, 9.17) is 23.1 Å². The fourth-order valence-corrected chi connectivity index (χ4v) is 3.94. The Morgan fingerprint density at radius 3 is 2.46 bits per heavy atom. The molecule has 4 aromatic rings. The first-order chi connectivity index (χ1) is 18.5. The van der Waals surface area contributed by atoms with Gasteiger partial charge in [0.15, 0.2) is 5.82 Å². The Morgan fingerprint density at radius 2 is 1.85 bits per heavy atom. The maximum Gasteiger partial charge on any atom is 0.423 e. The first-order valence-corrected chi connectivity index (χ1v) is 12.2. The van der Waals surface area contributed by atoms with Gasteiger partial charge in [0, 0.05) is 6.54 Å². The second-order valence-corrected chi connectivity index (χ2v) is 9.39. The van der Waals surface area contributed by atoms with Crippen LogP contribution in [0.15, 0.2) is 40.4 Å². The van der Waals surface area contributed by atoms with E-state index in [1.165, 1.54) is 43.9 Å². The molecule has 15 heteroatoms. The Morgan fingerprint density at radius 1 is 1.10 bits per heavy atom. The van der Waals surface area contributed by atoms with E-state index in [1.807, 2.05) is 0 Å². The summed E-state index contributed by atoms with van der Waals surface area (Å²) in [6.45, 7) is 0.592. The minimum Gasteiger partial charge on any atom is -0.397 e. The van der Waals surface area contributed by atoms with Crippen molar-refractivity contribution in [1.29, 1.82) is 0 Å². The smallest absolute Gasteiger partial charge is 0.397 e. The molecule has 0 amide bonds. The van der Waals surface area contributed by atoms with Crippen LogP contribution >= 0.6 is 11.6 Å². The van der Waals surface area contributed by atoms with Crippen LogP contribution in [-0.2, 0) is 12.7 Å². The molecule has 0 atom stereocenters. The van der Waals surface area contributed by atoms with Crippen LogP contribution in [0.25, 0.3) is 22.3 Å². The third-order valence-corrected chi connectivity index (χ3v) is 6.34. The van der Waals surface area contributed by atoms with Crippen molar-refractivity contribution < 1.29 is 17.6 Å². The topological polar surface area (TPSA) is 158 Å². The second-order valence-electron chi connectivity index (χ2n) is 8.99. The fraction of sp³-hybridized carbons (Fsp3) is 0.333. The highest BCUT2D eigenvalue weighted by Gasteiger charge is 2.36. The highest BCUT2D eigenvalue weighted by molar-refractivity contribution is 6.32. The largest absolute Gasteiger partial charge is 0.423 e.